The summed E-state index contributed by atoms with van der Waals surface area (Å²) >= 11 is 1.20. The minimum absolute atomic E-state index is 0.0224. The first-order chi connectivity index (χ1) is 8.97. The minimum Gasteiger partial charge on any atom is -0.480 e. The van der Waals surface area contributed by atoms with Crippen LogP contribution in [-0.2, 0) is 4.79 Å². The van der Waals surface area contributed by atoms with Crippen molar-refractivity contribution in [2.75, 3.05) is 38.5 Å². The number of carbonyl (C=O) groups excluding carboxylic acids is 1. The van der Waals surface area contributed by atoms with Crippen molar-refractivity contribution in [2.45, 2.75) is 6.92 Å². The lowest BCUT2D eigenvalue weighted by atomic mass is 10.2. The Balaban J connectivity index is 1.96. The monoisotopic (exact) mass is 284 g/mol. The van der Waals surface area contributed by atoms with Crippen LogP contribution in [0, 0.1) is 6.92 Å². The summed E-state index contributed by atoms with van der Waals surface area (Å²) in [6.07, 6.45) is 0. The van der Waals surface area contributed by atoms with Crippen LogP contribution >= 0.6 is 11.3 Å². The van der Waals surface area contributed by atoms with Crippen LogP contribution in [0.4, 0.5) is 5.13 Å². The molecule has 2 rings (SSSR count). The molecule has 0 aromatic carbocycles. The van der Waals surface area contributed by atoms with E-state index in [2.05, 4.69) is 4.98 Å². The van der Waals surface area contributed by atoms with Crippen LogP contribution in [-0.4, -0.2) is 64.5 Å². The van der Waals surface area contributed by atoms with Crippen molar-refractivity contribution in [1.29, 1.82) is 0 Å². The molecule has 1 amide bonds. The quantitative estimate of drug-likeness (QED) is 0.802. The molecule has 8 heteroatoms. The number of anilines is 1. The summed E-state index contributed by atoms with van der Waals surface area (Å²) in [6.45, 7) is 4.00. The highest BCUT2D eigenvalue weighted by Crippen LogP contribution is 2.22. The van der Waals surface area contributed by atoms with Gasteiger partial charge in [-0.1, -0.05) is 11.3 Å². The number of rotatable bonds is 3. The first-order valence-corrected chi connectivity index (χ1v) is 6.75. The Kier molecular flexibility index (Phi) is 4.01. The van der Waals surface area contributed by atoms with Crippen molar-refractivity contribution in [2.24, 2.45) is 0 Å². The van der Waals surface area contributed by atoms with Crippen LogP contribution in [0.1, 0.15) is 15.4 Å². The maximum atomic E-state index is 12.3. The molecular weight excluding hydrogens is 268 g/mol. The second kappa shape index (κ2) is 5.54. The van der Waals surface area contributed by atoms with Gasteiger partial charge in [0, 0.05) is 26.2 Å². The Labute approximate surface area is 114 Å². The minimum atomic E-state index is -0.842. The van der Waals surface area contributed by atoms with Crippen molar-refractivity contribution in [3.8, 4) is 0 Å². The number of carboxylic acids is 1. The summed E-state index contributed by atoms with van der Waals surface area (Å²) < 4.78 is 0. The molecule has 0 saturated carbocycles. The molecule has 1 aromatic heterocycles. The lowest BCUT2D eigenvalue weighted by Crippen LogP contribution is -2.49. The van der Waals surface area contributed by atoms with E-state index in [1.807, 2.05) is 4.90 Å². The van der Waals surface area contributed by atoms with Gasteiger partial charge in [0.05, 0.1) is 12.2 Å². The fourth-order valence-corrected chi connectivity index (χ4v) is 2.86. The van der Waals surface area contributed by atoms with Gasteiger partial charge in [-0.3, -0.25) is 14.5 Å². The van der Waals surface area contributed by atoms with E-state index in [1.165, 1.54) is 11.3 Å². The van der Waals surface area contributed by atoms with Crippen molar-refractivity contribution in [3.05, 3.63) is 10.6 Å². The molecule has 1 aromatic rings. The molecular formula is C11H16N4O3S. The fourth-order valence-electron chi connectivity index (χ4n) is 2.06. The number of amides is 1. The number of thiazole rings is 1. The molecule has 0 atom stereocenters. The zero-order valence-corrected chi connectivity index (χ0v) is 11.4. The Bertz CT molecular complexity index is 494. The fraction of sp³-hybridized carbons (Fsp3) is 0.545. The summed E-state index contributed by atoms with van der Waals surface area (Å²) in [5.41, 5.74) is 6.24. The molecule has 104 valence electrons. The van der Waals surface area contributed by atoms with Gasteiger partial charge in [-0.2, -0.15) is 0 Å². The van der Waals surface area contributed by atoms with E-state index in [0.29, 0.717) is 41.9 Å². The van der Waals surface area contributed by atoms with E-state index in [9.17, 15) is 9.59 Å². The highest BCUT2D eigenvalue weighted by atomic mass is 32.1. The summed E-state index contributed by atoms with van der Waals surface area (Å²) in [7, 11) is 0. The van der Waals surface area contributed by atoms with Crippen LogP contribution < -0.4 is 5.73 Å². The molecule has 0 bridgehead atoms. The Hall–Kier alpha value is -1.67. The number of carboxylic acid groups (broad SMARTS) is 1. The summed E-state index contributed by atoms with van der Waals surface area (Å²) in [5.74, 6) is -0.910. The Morgan fingerprint density at radius 1 is 1.37 bits per heavy atom. The van der Waals surface area contributed by atoms with E-state index < -0.39 is 5.97 Å². The van der Waals surface area contributed by atoms with Gasteiger partial charge in [-0.05, 0) is 6.92 Å². The van der Waals surface area contributed by atoms with E-state index >= 15 is 0 Å². The van der Waals surface area contributed by atoms with Crippen molar-refractivity contribution in [3.63, 3.8) is 0 Å². The molecule has 0 spiro atoms. The van der Waals surface area contributed by atoms with Crippen molar-refractivity contribution in [1.82, 2.24) is 14.8 Å². The number of nitrogen functional groups attached to an aromatic ring is 1. The van der Waals surface area contributed by atoms with Gasteiger partial charge in [-0.25, -0.2) is 4.98 Å². The molecule has 3 N–H and O–H groups in total. The Morgan fingerprint density at radius 2 is 2.00 bits per heavy atom. The van der Waals surface area contributed by atoms with E-state index in [4.69, 9.17) is 10.8 Å². The third-order valence-corrected chi connectivity index (χ3v) is 4.00. The maximum Gasteiger partial charge on any atom is 0.317 e. The second-order valence-corrected chi connectivity index (χ2v) is 5.46. The number of aryl methyl sites for hydroxylation is 1. The molecule has 19 heavy (non-hydrogen) atoms. The van der Waals surface area contributed by atoms with Crippen molar-refractivity contribution < 1.29 is 14.7 Å². The number of hydrogen-bond acceptors (Lipinski definition) is 6. The van der Waals surface area contributed by atoms with E-state index in [1.54, 1.807) is 11.8 Å². The molecule has 1 saturated heterocycles. The third-order valence-electron chi connectivity index (χ3n) is 3.03. The van der Waals surface area contributed by atoms with Crippen LogP contribution in [0.25, 0.3) is 0 Å². The number of nitrogens with zero attached hydrogens (tertiary/aromatic N) is 3. The number of aromatic nitrogens is 1. The predicted molar refractivity (Wildman–Crippen MR) is 71.2 cm³/mol. The summed E-state index contributed by atoms with van der Waals surface area (Å²) in [5, 5.41) is 9.11. The highest BCUT2D eigenvalue weighted by molar-refractivity contribution is 7.17. The molecule has 1 aliphatic heterocycles. The molecule has 0 radical (unpaired) electrons. The number of aliphatic carboxylic acids is 1. The van der Waals surface area contributed by atoms with E-state index in [-0.39, 0.29) is 12.5 Å². The number of piperazine rings is 1. The first-order valence-electron chi connectivity index (χ1n) is 5.93. The largest absolute Gasteiger partial charge is 0.480 e. The SMILES string of the molecule is Cc1nc(N)sc1C(=O)N1CCN(CC(=O)O)CC1. The van der Waals surface area contributed by atoms with Crippen LogP contribution in [0.15, 0.2) is 0 Å². The lowest BCUT2D eigenvalue weighted by Gasteiger charge is -2.33. The zero-order valence-electron chi connectivity index (χ0n) is 10.6. The molecule has 2 heterocycles. The molecule has 0 aliphatic carbocycles. The standard InChI is InChI=1S/C11H16N4O3S/c1-7-9(19-11(12)13-7)10(18)15-4-2-14(3-5-15)6-8(16)17/h2-6H2,1H3,(H2,12,13)(H,16,17). The molecule has 1 aliphatic rings. The Morgan fingerprint density at radius 3 is 2.47 bits per heavy atom. The highest BCUT2D eigenvalue weighted by Gasteiger charge is 2.25. The van der Waals surface area contributed by atoms with Gasteiger partial charge in [0.2, 0.25) is 0 Å². The van der Waals surface area contributed by atoms with Gasteiger partial charge in [0.1, 0.15) is 4.88 Å². The normalized spacial score (nSPS) is 16.6. The average molecular weight is 284 g/mol. The zero-order chi connectivity index (χ0) is 14.0. The number of nitrogens with two attached hydrogens (primary N) is 1. The van der Waals surface area contributed by atoms with Crippen LogP contribution in [0.2, 0.25) is 0 Å². The van der Waals surface area contributed by atoms with Crippen molar-refractivity contribution >= 4 is 28.3 Å². The summed E-state index contributed by atoms with van der Waals surface area (Å²) in [4.78, 5) is 31.0. The van der Waals surface area contributed by atoms with Crippen LogP contribution in [0.3, 0.4) is 0 Å². The predicted octanol–water partition coefficient (Wildman–Crippen LogP) is -0.124. The number of carbonyl (C=O) groups is 2. The third kappa shape index (κ3) is 3.21. The molecule has 1 fully saturated rings. The van der Waals surface area contributed by atoms with Gasteiger partial charge < -0.3 is 15.7 Å². The van der Waals surface area contributed by atoms with Gasteiger partial charge in [-0.15, -0.1) is 0 Å². The van der Waals surface area contributed by atoms with Gasteiger partial charge in [0.15, 0.2) is 5.13 Å². The van der Waals surface area contributed by atoms with Gasteiger partial charge >= 0.3 is 5.97 Å². The first kappa shape index (κ1) is 13.8. The number of hydrogen-bond donors (Lipinski definition) is 2. The second-order valence-electron chi connectivity index (χ2n) is 4.43. The summed E-state index contributed by atoms with van der Waals surface area (Å²) in [6, 6.07) is 0. The maximum absolute atomic E-state index is 12.3. The van der Waals surface area contributed by atoms with Crippen LogP contribution in [0.5, 0.6) is 0 Å². The average Bonchev–Trinajstić information content (AvgIpc) is 2.68. The molecule has 7 nitrogen and oxygen atoms in total. The smallest absolute Gasteiger partial charge is 0.317 e. The topological polar surface area (TPSA) is 99.8 Å². The lowest BCUT2D eigenvalue weighted by molar-refractivity contribution is -0.138. The van der Waals surface area contributed by atoms with E-state index in [0.717, 1.165) is 0 Å². The van der Waals surface area contributed by atoms with Gasteiger partial charge in [0.25, 0.3) is 5.91 Å². The molecule has 0 unspecified atom stereocenters.